The van der Waals surface area contributed by atoms with Crippen LogP contribution in [0, 0.1) is 12.8 Å². The second-order valence-electron chi connectivity index (χ2n) is 7.21. The maximum absolute atomic E-state index is 12.6. The van der Waals surface area contributed by atoms with Crippen LogP contribution in [0.5, 0.6) is 0 Å². The Morgan fingerprint density at radius 2 is 1.96 bits per heavy atom. The minimum atomic E-state index is 0.0683. The molecule has 1 aromatic rings. The van der Waals surface area contributed by atoms with Crippen molar-refractivity contribution >= 4 is 29.3 Å². The van der Waals surface area contributed by atoms with Gasteiger partial charge in [-0.25, -0.2) is 0 Å². The van der Waals surface area contributed by atoms with Crippen LogP contribution >= 0.6 is 11.8 Å². The minimum Gasteiger partial charge on any atom is -0.337 e. The highest BCUT2D eigenvalue weighted by atomic mass is 32.2. The monoisotopic (exact) mass is 375 g/mol. The van der Waals surface area contributed by atoms with Crippen LogP contribution in [-0.4, -0.2) is 54.4 Å². The molecular weight excluding hydrogens is 346 g/mol. The molecule has 142 valence electrons. The average Bonchev–Trinajstić information content (AvgIpc) is 2.69. The van der Waals surface area contributed by atoms with E-state index in [1.165, 1.54) is 0 Å². The van der Waals surface area contributed by atoms with Crippen molar-refractivity contribution in [3.63, 3.8) is 0 Å². The molecule has 2 N–H and O–H groups in total. The Morgan fingerprint density at radius 3 is 2.65 bits per heavy atom. The van der Waals surface area contributed by atoms with E-state index in [9.17, 15) is 9.59 Å². The van der Waals surface area contributed by atoms with Gasteiger partial charge in [-0.05, 0) is 69.0 Å². The van der Waals surface area contributed by atoms with Crippen molar-refractivity contribution in [2.24, 2.45) is 5.92 Å². The highest BCUT2D eigenvalue weighted by Crippen LogP contribution is 2.21. The molecule has 26 heavy (non-hydrogen) atoms. The minimum absolute atomic E-state index is 0.0683. The summed E-state index contributed by atoms with van der Waals surface area (Å²) < 4.78 is 0. The lowest BCUT2D eigenvalue weighted by atomic mass is 9.93. The molecule has 2 aliphatic heterocycles. The number of nitrogens with one attached hydrogen (secondary N) is 2. The van der Waals surface area contributed by atoms with Gasteiger partial charge in [0.2, 0.25) is 5.91 Å². The third-order valence-electron chi connectivity index (χ3n) is 5.28. The van der Waals surface area contributed by atoms with Gasteiger partial charge in [0, 0.05) is 42.3 Å². The zero-order valence-electron chi connectivity index (χ0n) is 15.6. The molecule has 0 radical (unpaired) electrons. The smallest absolute Gasteiger partial charge is 0.253 e. The third-order valence-corrected chi connectivity index (χ3v) is 6.23. The maximum Gasteiger partial charge on any atom is 0.253 e. The number of nitrogens with zero attached hydrogens (tertiary/aromatic N) is 1. The van der Waals surface area contributed by atoms with Crippen molar-refractivity contribution in [1.82, 2.24) is 10.2 Å². The van der Waals surface area contributed by atoms with Crippen LogP contribution in [-0.2, 0) is 4.79 Å². The van der Waals surface area contributed by atoms with E-state index in [2.05, 4.69) is 10.6 Å². The first-order chi connectivity index (χ1) is 12.6. The molecule has 5 nitrogen and oxygen atoms in total. The molecule has 0 aliphatic carbocycles. The molecule has 0 saturated carbocycles. The molecule has 0 aromatic heterocycles. The molecule has 1 aromatic carbocycles. The van der Waals surface area contributed by atoms with Crippen LogP contribution in [0.2, 0.25) is 0 Å². The Kier molecular flexibility index (Phi) is 6.97. The molecule has 6 heteroatoms. The van der Waals surface area contributed by atoms with Crippen molar-refractivity contribution < 1.29 is 9.59 Å². The zero-order valence-corrected chi connectivity index (χ0v) is 16.4. The Morgan fingerprint density at radius 1 is 1.23 bits per heavy atom. The number of hydrogen-bond donors (Lipinski definition) is 2. The van der Waals surface area contributed by atoms with Crippen LogP contribution in [0.3, 0.4) is 0 Å². The van der Waals surface area contributed by atoms with E-state index in [0.29, 0.717) is 17.9 Å². The van der Waals surface area contributed by atoms with Gasteiger partial charge < -0.3 is 15.5 Å². The lowest BCUT2D eigenvalue weighted by molar-refractivity contribution is -0.116. The van der Waals surface area contributed by atoms with Gasteiger partial charge in [-0.1, -0.05) is 0 Å². The molecule has 2 fully saturated rings. The number of amides is 2. The fourth-order valence-corrected chi connectivity index (χ4v) is 4.51. The van der Waals surface area contributed by atoms with Crippen molar-refractivity contribution in [2.75, 3.05) is 43.0 Å². The number of benzene rings is 1. The lowest BCUT2D eigenvalue weighted by Gasteiger charge is -2.26. The van der Waals surface area contributed by atoms with Crippen LogP contribution in [0.25, 0.3) is 0 Å². The van der Waals surface area contributed by atoms with Crippen LogP contribution < -0.4 is 10.6 Å². The fourth-order valence-electron chi connectivity index (χ4n) is 3.60. The Labute approximate surface area is 160 Å². The van der Waals surface area contributed by atoms with E-state index in [1.807, 2.05) is 41.8 Å². The molecule has 3 rings (SSSR count). The van der Waals surface area contributed by atoms with Crippen molar-refractivity contribution in [3.05, 3.63) is 29.3 Å². The Hall–Kier alpha value is -1.53. The van der Waals surface area contributed by atoms with Gasteiger partial charge >= 0.3 is 0 Å². The fraction of sp³-hybridized carbons (Fsp3) is 0.600. The predicted octanol–water partition coefficient (Wildman–Crippen LogP) is 2.90. The van der Waals surface area contributed by atoms with Crippen LogP contribution in [0.1, 0.15) is 41.6 Å². The molecular formula is C20H29N3O2S. The number of aryl methyl sites for hydroxylation is 1. The number of hydrogen-bond acceptors (Lipinski definition) is 4. The van der Waals surface area contributed by atoms with Crippen molar-refractivity contribution in [3.8, 4) is 0 Å². The molecule has 2 amide bonds. The number of thioether (sulfide) groups is 1. The van der Waals surface area contributed by atoms with Gasteiger partial charge in [0.15, 0.2) is 0 Å². The summed E-state index contributed by atoms with van der Waals surface area (Å²) in [5, 5.41) is 6.37. The average molecular weight is 376 g/mol. The summed E-state index contributed by atoms with van der Waals surface area (Å²) in [5.74, 6) is 2.84. The molecule has 0 atom stereocenters. The normalized spacial score (nSPS) is 18.6. The zero-order chi connectivity index (χ0) is 18.4. The topological polar surface area (TPSA) is 61.4 Å². The Balaban J connectivity index is 1.53. The molecule has 2 saturated heterocycles. The summed E-state index contributed by atoms with van der Waals surface area (Å²) >= 11 is 1.89. The number of piperidine rings is 1. The second-order valence-corrected chi connectivity index (χ2v) is 8.44. The van der Waals surface area contributed by atoms with E-state index in [1.54, 1.807) is 0 Å². The molecule has 0 bridgehead atoms. The van der Waals surface area contributed by atoms with Gasteiger partial charge in [-0.2, -0.15) is 11.8 Å². The number of anilines is 1. The highest BCUT2D eigenvalue weighted by Gasteiger charge is 2.19. The van der Waals surface area contributed by atoms with E-state index in [4.69, 9.17) is 0 Å². The summed E-state index contributed by atoms with van der Waals surface area (Å²) in [5.41, 5.74) is 2.46. The van der Waals surface area contributed by atoms with Gasteiger partial charge in [0.05, 0.1) is 0 Å². The highest BCUT2D eigenvalue weighted by molar-refractivity contribution is 7.99. The summed E-state index contributed by atoms with van der Waals surface area (Å²) in [7, 11) is 0. The van der Waals surface area contributed by atoms with Crippen molar-refractivity contribution in [1.29, 1.82) is 0 Å². The van der Waals surface area contributed by atoms with Gasteiger partial charge in [-0.3, -0.25) is 9.59 Å². The van der Waals surface area contributed by atoms with E-state index >= 15 is 0 Å². The largest absolute Gasteiger partial charge is 0.337 e. The molecule has 2 heterocycles. The lowest BCUT2D eigenvalue weighted by Crippen LogP contribution is -2.37. The van der Waals surface area contributed by atoms with Gasteiger partial charge in [0.1, 0.15) is 0 Å². The van der Waals surface area contributed by atoms with Crippen LogP contribution in [0.15, 0.2) is 18.2 Å². The summed E-state index contributed by atoms with van der Waals surface area (Å²) in [4.78, 5) is 26.8. The van der Waals surface area contributed by atoms with Gasteiger partial charge in [0.25, 0.3) is 5.91 Å². The maximum atomic E-state index is 12.6. The van der Waals surface area contributed by atoms with Crippen molar-refractivity contribution in [2.45, 2.75) is 32.6 Å². The molecule has 0 unspecified atom stereocenters. The SMILES string of the molecule is Cc1cc(C(=O)N2CCSCC2)ccc1NC(=O)CCC1CCNCC1. The van der Waals surface area contributed by atoms with E-state index in [0.717, 1.165) is 68.2 Å². The number of carbonyl (C=O) groups is 2. The molecule has 0 spiro atoms. The number of carbonyl (C=O) groups excluding carboxylic acids is 2. The summed E-state index contributed by atoms with van der Waals surface area (Å²) in [6, 6.07) is 5.59. The summed E-state index contributed by atoms with van der Waals surface area (Å²) in [6.45, 7) is 5.72. The third kappa shape index (κ3) is 5.24. The first kappa shape index (κ1) is 19.2. The molecule has 2 aliphatic rings. The predicted molar refractivity (Wildman–Crippen MR) is 108 cm³/mol. The quantitative estimate of drug-likeness (QED) is 0.831. The first-order valence-corrected chi connectivity index (χ1v) is 10.8. The van der Waals surface area contributed by atoms with Crippen LogP contribution in [0.4, 0.5) is 5.69 Å². The second kappa shape index (κ2) is 9.42. The Bertz CT molecular complexity index is 638. The standard InChI is InChI=1S/C20H29N3O2S/c1-15-14-17(20(25)23-10-12-26-13-11-23)3-4-18(15)22-19(24)5-2-16-6-8-21-9-7-16/h3-4,14,16,21H,2,5-13H2,1H3,(H,22,24). The summed E-state index contributed by atoms with van der Waals surface area (Å²) in [6.07, 6.45) is 3.85. The van der Waals surface area contributed by atoms with E-state index < -0.39 is 0 Å². The first-order valence-electron chi connectivity index (χ1n) is 9.62. The van der Waals surface area contributed by atoms with Gasteiger partial charge in [-0.15, -0.1) is 0 Å². The van der Waals surface area contributed by atoms with E-state index in [-0.39, 0.29) is 11.8 Å². The number of rotatable bonds is 5.